The second-order valence-corrected chi connectivity index (χ2v) is 4.92. The predicted molar refractivity (Wildman–Crippen MR) is 59.3 cm³/mol. The Hall–Kier alpha value is -1.71. The van der Waals surface area contributed by atoms with Gasteiger partial charge in [0.05, 0.1) is 0 Å². The van der Waals surface area contributed by atoms with Crippen LogP contribution in [0.25, 0.3) is 0 Å². The van der Waals surface area contributed by atoms with Gasteiger partial charge < -0.3 is 10.6 Å². The van der Waals surface area contributed by atoms with Crippen LogP contribution in [0.15, 0.2) is 0 Å². The topological polar surface area (TPSA) is 84.0 Å². The van der Waals surface area contributed by atoms with Gasteiger partial charge in [-0.1, -0.05) is 11.3 Å². The number of nitrogens with zero attached hydrogens (tertiary/aromatic N) is 2. The number of piperidine rings is 1. The van der Waals surface area contributed by atoms with Crippen LogP contribution >= 0.6 is 11.3 Å². The van der Waals surface area contributed by atoms with E-state index in [1.807, 2.05) is 0 Å². The van der Waals surface area contributed by atoms with Gasteiger partial charge in [-0.2, -0.15) is 13.2 Å². The lowest BCUT2D eigenvalue weighted by molar-refractivity contribution is -0.138. The van der Waals surface area contributed by atoms with Gasteiger partial charge in [0.2, 0.25) is 22.0 Å². The van der Waals surface area contributed by atoms with Crippen LogP contribution in [0.1, 0.15) is 17.8 Å². The lowest BCUT2D eigenvalue weighted by Crippen LogP contribution is -2.38. The van der Waals surface area contributed by atoms with E-state index in [9.17, 15) is 22.8 Å². The first-order valence-electron chi connectivity index (χ1n) is 5.34. The van der Waals surface area contributed by atoms with Crippen LogP contribution in [-0.4, -0.2) is 28.6 Å². The molecule has 1 aliphatic heterocycles. The number of carbonyl (C=O) groups is 2. The molecule has 1 aliphatic rings. The highest BCUT2D eigenvalue weighted by Gasteiger charge is 2.36. The van der Waals surface area contributed by atoms with Crippen molar-refractivity contribution in [2.45, 2.75) is 19.0 Å². The molecule has 0 saturated carbocycles. The number of hydrogen-bond donors (Lipinski definition) is 2. The average molecular weight is 294 g/mol. The van der Waals surface area contributed by atoms with E-state index >= 15 is 0 Å². The van der Waals surface area contributed by atoms with Gasteiger partial charge in [0, 0.05) is 18.9 Å². The van der Waals surface area contributed by atoms with Gasteiger partial charge in [-0.05, 0) is 6.42 Å². The molecule has 0 spiro atoms. The van der Waals surface area contributed by atoms with E-state index in [1.54, 1.807) is 0 Å². The Labute approximate surface area is 109 Å². The molecule has 1 saturated heterocycles. The van der Waals surface area contributed by atoms with E-state index in [-0.39, 0.29) is 28.8 Å². The van der Waals surface area contributed by atoms with Crippen molar-refractivity contribution < 1.29 is 22.8 Å². The molecule has 1 fully saturated rings. The maximum absolute atomic E-state index is 12.3. The van der Waals surface area contributed by atoms with E-state index in [2.05, 4.69) is 20.8 Å². The average Bonchev–Trinajstić information content (AvgIpc) is 2.77. The molecule has 19 heavy (non-hydrogen) atoms. The molecule has 6 nitrogen and oxygen atoms in total. The van der Waals surface area contributed by atoms with Crippen molar-refractivity contribution in [3.63, 3.8) is 0 Å². The fourth-order valence-corrected chi connectivity index (χ4v) is 2.22. The molecule has 2 rings (SSSR count). The molecular formula is C9H9F3N4O2S. The Morgan fingerprint density at radius 1 is 1.42 bits per heavy atom. The van der Waals surface area contributed by atoms with Crippen LogP contribution in [0.5, 0.6) is 0 Å². The second kappa shape index (κ2) is 5.11. The summed E-state index contributed by atoms with van der Waals surface area (Å²) in [6, 6.07) is 0. The smallest absolute Gasteiger partial charge is 0.356 e. The van der Waals surface area contributed by atoms with Gasteiger partial charge in [-0.15, -0.1) is 10.2 Å². The normalized spacial score (nSPS) is 19.9. The molecule has 0 radical (unpaired) electrons. The number of aromatic nitrogens is 2. The van der Waals surface area contributed by atoms with Crippen molar-refractivity contribution in [2.75, 3.05) is 11.9 Å². The van der Waals surface area contributed by atoms with Crippen molar-refractivity contribution in [1.82, 2.24) is 15.5 Å². The highest BCUT2D eigenvalue weighted by molar-refractivity contribution is 7.15. The van der Waals surface area contributed by atoms with Crippen molar-refractivity contribution in [3.8, 4) is 0 Å². The molecule has 1 aromatic rings. The standard InChI is InChI=1S/C9H9F3N4O2S/c10-9(11,12)7-15-16-8(19-7)14-6(18)4-1-2-13-5(17)3-4/h4H,1-3H2,(H,13,17)(H,14,16,18). The Morgan fingerprint density at radius 3 is 2.74 bits per heavy atom. The maximum Gasteiger partial charge on any atom is 0.445 e. The van der Waals surface area contributed by atoms with E-state index in [4.69, 9.17) is 0 Å². The largest absolute Gasteiger partial charge is 0.445 e. The third kappa shape index (κ3) is 3.40. The Kier molecular flexibility index (Phi) is 3.69. The number of halogens is 3. The predicted octanol–water partition coefficient (Wildman–Crippen LogP) is 1.02. The maximum atomic E-state index is 12.3. The van der Waals surface area contributed by atoms with E-state index in [1.165, 1.54) is 0 Å². The van der Waals surface area contributed by atoms with Gasteiger partial charge in [0.1, 0.15) is 0 Å². The molecule has 0 bridgehead atoms. The number of carbonyl (C=O) groups excluding carboxylic acids is 2. The van der Waals surface area contributed by atoms with Gasteiger partial charge >= 0.3 is 6.18 Å². The van der Waals surface area contributed by atoms with Crippen LogP contribution in [0.2, 0.25) is 0 Å². The minimum Gasteiger partial charge on any atom is -0.356 e. The molecular weight excluding hydrogens is 285 g/mol. The Balaban J connectivity index is 1.99. The molecule has 2 amide bonds. The second-order valence-electron chi connectivity index (χ2n) is 3.94. The van der Waals surface area contributed by atoms with Crippen LogP contribution in [0, 0.1) is 5.92 Å². The molecule has 0 aromatic carbocycles. The number of anilines is 1. The number of amides is 2. The van der Waals surface area contributed by atoms with E-state index in [0.29, 0.717) is 13.0 Å². The zero-order valence-corrected chi connectivity index (χ0v) is 10.3. The number of alkyl halides is 3. The monoisotopic (exact) mass is 294 g/mol. The highest BCUT2D eigenvalue weighted by atomic mass is 32.1. The molecule has 1 unspecified atom stereocenters. The van der Waals surface area contributed by atoms with Crippen LogP contribution in [0.4, 0.5) is 18.3 Å². The molecule has 2 heterocycles. The molecule has 104 valence electrons. The number of rotatable bonds is 2. The van der Waals surface area contributed by atoms with Crippen molar-refractivity contribution in [3.05, 3.63) is 5.01 Å². The molecule has 10 heteroatoms. The number of hydrogen-bond acceptors (Lipinski definition) is 5. The van der Waals surface area contributed by atoms with E-state index < -0.39 is 23.0 Å². The summed E-state index contributed by atoms with van der Waals surface area (Å²) in [5.41, 5.74) is 0. The van der Waals surface area contributed by atoms with Gasteiger partial charge in [-0.3, -0.25) is 9.59 Å². The minimum atomic E-state index is -4.58. The first kappa shape index (κ1) is 13.7. The summed E-state index contributed by atoms with van der Waals surface area (Å²) in [6.45, 7) is 0.376. The summed E-state index contributed by atoms with van der Waals surface area (Å²) in [5.74, 6) is -1.31. The zero-order chi connectivity index (χ0) is 14.0. The Bertz CT molecular complexity index is 502. The molecule has 2 N–H and O–H groups in total. The zero-order valence-electron chi connectivity index (χ0n) is 9.45. The quantitative estimate of drug-likeness (QED) is 0.853. The van der Waals surface area contributed by atoms with Crippen molar-refractivity contribution >= 4 is 28.3 Å². The lowest BCUT2D eigenvalue weighted by atomic mass is 9.97. The Morgan fingerprint density at radius 2 is 2.16 bits per heavy atom. The third-order valence-electron chi connectivity index (χ3n) is 2.52. The van der Waals surface area contributed by atoms with Gasteiger partial charge in [0.25, 0.3) is 0 Å². The summed E-state index contributed by atoms with van der Waals surface area (Å²) in [7, 11) is 0. The number of nitrogens with one attached hydrogen (secondary N) is 2. The first-order valence-corrected chi connectivity index (χ1v) is 6.16. The molecule has 1 atom stereocenters. The van der Waals surface area contributed by atoms with Crippen molar-refractivity contribution in [1.29, 1.82) is 0 Å². The van der Waals surface area contributed by atoms with Gasteiger partial charge in [0.15, 0.2) is 0 Å². The van der Waals surface area contributed by atoms with Crippen LogP contribution < -0.4 is 10.6 Å². The SMILES string of the molecule is O=C1CC(C(=O)Nc2nnc(C(F)(F)F)s2)CCN1. The highest BCUT2D eigenvalue weighted by Crippen LogP contribution is 2.33. The van der Waals surface area contributed by atoms with Gasteiger partial charge in [-0.25, -0.2) is 0 Å². The fourth-order valence-electron chi connectivity index (χ4n) is 1.60. The van der Waals surface area contributed by atoms with Crippen molar-refractivity contribution in [2.24, 2.45) is 5.92 Å². The summed E-state index contributed by atoms with van der Waals surface area (Å²) in [5, 5.41) is 9.67. The summed E-state index contributed by atoms with van der Waals surface area (Å²) < 4.78 is 36.9. The van der Waals surface area contributed by atoms with E-state index in [0.717, 1.165) is 0 Å². The minimum absolute atomic E-state index is 0.0246. The summed E-state index contributed by atoms with van der Waals surface area (Å²) in [6.07, 6.45) is -4.11. The first-order chi connectivity index (χ1) is 8.86. The fraction of sp³-hybridized carbons (Fsp3) is 0.556. The molecule has 1 aromatic heterocycles. The summed E-state index contributed by atoms with van der Waals surface area (Å²) >= 11 is 0.253. The summed E-state index contributed by atoms with van der Waals surface area (Å²) in [4.78, 5) is 22.8. The lowest BCUT2D eigenvalue weighted by Gasteiger charge is -2.20. The van der Waals surface area contributed by atoms with Crippen LogP contribution in [-0.2, 0) is 15.8 Å². The molecule has 0 aliphatic carbocycles. The third-order valence-corrected chi connectivity index (χ3v) is 3.40. The van der Waals surface area contributed by atoms with Crippen LogP contribution in [0.3, 0.4) is 0 Å².